The van der Waals surface area contributed by atoms with Crippen LogP contribution in [0.5, 0.6) is 0 Å². The van der Waals surface area contributed by atoms with E-state index in [2.05, 4.69) is 49.8 Å². The highest BCUT2D eigenvalue weighted by molar-refractivity contribution is 5.62. The molecular formula is C21H23FN6. The number of nitrogens with zero attached hydrogens (tertiary/aromatic N) is 4. The molecule has 144 valence electrons. The molecule has 3 aromatic rings. The number of hydrogen-bond donors (Lipinski definition) is 2. The number of halogens is 1. The fourth-order valence-corrected chi connectivity index (χ4v) is 3.28. The third-order valence-corrected chi connectivity index (χ3v) is 4.93. The zero-order valence-electron chi connectivity index (χ0n) is 15.8. The van der Waals surface area contributed by atoms with Crippen molar-refractivity contribution in [2.75, 3.05) is 28.6 Å². The second-order valence-electron chi connectivity index (χ2n) is 7.14. The van der Waals surface area contributed by atoms with Gasteiger partial charge in [0.1, 0.15) is 5.82 Å². The van der Waals surface area contributed by atoms with Crippen LogP contribution in [0.1, 0.15) is 19.8 Å². The van der Waals surface area contributed by atoms with Crippen molar-refractivity contribution >= 4 is 28.8 Å². The summed E-state index contributed by atoms with van der Waals surface area (Å²) in [6.45, 7) is 4.54. The van der Waals surface area contributed by atoms with E-state index in [1.165, 1.54) is 30.7 Å². The van der Waals surface area contributed by atoms with Gasteiger partial charge < -0.3 is 15.5 Å². The van der Waals surface area contributed by atoms with Gasteiger partial charge in [0.25, 0.3) is 0 Å². The SMILES string of the molecule is CC1CCN(c2ccc(Nc3cnnc(Nc4cccc(F)c4)n3)cc2)CC1. The van der Waals surface area contributed by atoms with E-state index in [4.69, 9.17) is 0 Å². The molecule has 0 amide bonds. The van der Waals surface area contributed by atoms with Crippen LogP contribution in [-0.4, -0.2) is 28.3 Å². The summed E-state index contributed by atoms with van der Waals surface area (Å²) < 4.78 is 13.3. The molecule has 0 aliphatic carbocycles. The minimum atomic E-state index is -0.324. The molecule has 2 aromatic carbocycles. The van der Waals surface area contributed by atoms with Crippen molar-refractivity contribution < 1.29 is 4.39 Å². The van der Waals surface area contributed by atoms with Gasteiger partial charge in [-0.3, -0.25) is 0 Å². The molecule has 1 saturated heterocycles. The predicted molar refractivity (Wildman–Crippen MR) is 110 cm³/mol. The Morgan fingerprint density at radius 3 is 2.54 bits per heavy atom. The average Bonchev–Trinajstić information content (AvgIpc) is 2.70. The number of benzene rings is 2. The molecule has 0 spiro atoms. The first-order valence-corrected chi connectivity index (χ1v) is 9.50. The van der Waals surface area contributed by atoms with E-state index in [1.807, 2.05) is 12.1 Å². The molecular weight excluding hydrogens is 355 g/mol. The van der Waals surface area contributed by atoms with E-state index in [1.54, 1.807) is 18.3 Å². The van der Waals surface area contributed by atoms with E-state index in [0.717, 1.165) is 24.7 Å². The maximum Gasteiger partial charge on any atom is 0.249 e. The number of aromatic nitrogens is 3. The van der Waals surface area contributed by atoms with E-state index >= 15 is 0 Å². The van der Waals surface area contributed by atoms with Crippen molar-refractivity contribution in [2.45, 2.75) is 19.8 Å². The van der Waals surface area contributed by atoms with Crippen LogP contribution < -0.4 is 15.5 Å². The summed E-state index contributed by atoms with van der Waals surface area (Å²) in [5, 5.41) is 14.1. The molecule has 1 aliphatic heterocycles. The van der Waals surface area contributed by atoms with Gasteiger partial charge >= 0.3 is 0 Å². The Kier molecular flexibility index (Phi) is 5.32. The molecule has 6 nitrogen and oxygen atoms in total. The molecule has 1 fully saturated rings. The van der Waals surface area contributed by atoms with Crippen molar-refractivity contribution in [3.63, 3.8) is 0 Å². The summed E-state index contributed by atoms with van der Waals surface area (Å²) in [6, 6.07) is 14.5. The standard InChI is InChI=1S/C21H23FN6/c1-15-9-11-28(12-10-15)19-7-5-17(6-8-19)24-20-14-23-27-21(26-20)25-18-4-2-3-16(22)13-18/h2-8,13-15H,9-12H2,1H3,(H2,24,25,26,27). The van der Waals surface area contributed by atoms with Crippen LogP contribution in [0.3, 0.4) is 0 Å². The molecule has 2 N–H and O–H groups in total. The fraction of sp³-hybridized carbons (Fsp3) is 0.286. The minimum Gasteiger partial charge on any atom is -0.372 e. The Morgan fingerprint density at radius 2 is 1.79 bits per heavy atom. The van der Waals surface area contributed by atoms with Gasteiger partial charge in [0.05, 0.1) is 6.20 Å². The number of hydrogen-bond acceptors (Lipinski definition) is 6. The van der Waals surface area contributed by atoms with Crippen molar-refractivity contribution in [2.24, 2.45) is 5.92 Å². The summed E-state index contributed by atoms with van der Waals surface area (Å²) in [5.41, 5.74) is 2.73. The zero-order chi connectivity index (χ0) is 19.3. The van der Waals surface area contributed by atoms with Gasteiger partial charge in [-0.05, 0) is 61.2 Å². The highest BCUT2D eigenvalue weighted by Crippen LogP contribution is 2.25. The number of rotatable bonds is 5. The van der Waals surface area contributed by atoms with Crippen molar-refractivity contribution in [3.05, 3.63) is 60.5 Å². The number of nitrogens with one attached hydrogen (secondary N) is 2. The normalized spacial score (nSPS) is 14.7. The lowest BCUT2D eigenvalue weighted by molar-refractivity contribution is 0.438. The van der Waals surface area contributed by atoms with E-state index < -0.39 is 0 Å². The maximum atomic E-state index is 13.3. The Hall–Kier alpha value is -3.22. The molecule has 0 atom stereocenters. The summed E-state index contributed by atoms with van der Waals surface area (Å²) in [7, 11) is 0. The topological polar surface area (TPSA) is 66.0 Å². The lowest BCUT2D eigenvalue weighted by Crippen LogP contribution is -2.32. The first-order chi connectivity index (χ1) is 13.7. The van der Waals surface area contributed by atoms with Gasteiger partial charge in [-0.25, -0.2) is 4.39 Å². The van der Waals surface area contributed by atoms with Gasteiger partial charge in [0.15, 0.2) is 5.82 Å². The lowest BCUT2D eigenvalue weighted by Gasteiger charge is -2.32. The van der Waals surface area contributed by atoms with Crippen LogP contribution in [0.4, 0.5) is 33.2 Å². The highest BCUT2D eigenvalue weighted by Gasteiger charge is 2.15. The molecule has 1 aliphatic rings. The molecule has 0 radical (unpaired) electrons. The molecule has 0 bridgehead atoms. The molecule has 1 aromatic heterocycles. The summed E-state index contributed by atoms with van der Waals surface area (Å²) in [5.74, 6) is 1.36. The fourth-order valence-electron chi connectivity index (χ4n) is 3.28. The van der Waals surface area contributed by atoms with Gasteiger partial charge in [-0.2, -0.15) is 10.1 Å². The highest BCUT2D eigenvalue weighted by atomic mass is 19.1. The lowest BCUT2D eigenvalue weighted by atomic mass is 9.99. The molecule has 0 unspecified atom stereocenters. The third kappa shape index (κ3) is 4.54. The van der Waals surface area contributed by atoms with Crippen LogP contribution in [0.2, 0.25) is 0 Å². The largest absolute Gasteiger partial charge is 0.372 e. The van der Waals surface area contributed by atoms with E-state index in [-0.39, 0.29) is 5.82 Å². The van der Waals surface area contributed by atoms with Crippen LogP contribution in [-0.2, 0) is 0 Å². The van der Waals surface area contributed by atoms with Crippen LogP contribution in [0, 0.1) is 11.7 Å². The van der Waals surface area contributed by atoms with Crippen LogP contribution in [0.15, 0.2) is 54.7 Å². The molecule has 28 heavy (non-hydrogen) atoms. The van der Waals surface area contributed by atoms with Crippen LogP contribution >= 0.6 is 0 Å². The quantitative estimate of drug-likeness (QED) is 0.669. The second-order valence-corrected chi connectivity index (χ2v) is 7.14. The number of piperidine rings is 1. The smallest absolute Gasteiger partial charge is 0.249 e. The first-order valence-electron chi connectivity index (χ1n) is 9.50. The van der Waals surface area contributed by atoms with Gasteiger partial charge in [0.2, 0.25) is 5.95 Å². The van der Waals surface area contributed by atoms with Gasteiger partial charge in [-0.15, -0.1) is 5.10 Å². The van der Waals surface area contributed by atoms with Crippen molar-refractivity contribution in [1.82, 2.24) is 15.2 Å². The van der Waals surface area contributed by atoms with E-state index in [9.17, 15) is 4.39 Å². The Morgan fingerprint density at radius 1 is 1.00 bits per heavy atom. The summed E-state index contributed by atoms with van der Waals surface area (Å²) in [4.78, 5) is 6.81. The molecule has 7 heteroatoms. The second kappa shape index (κ2) is 8.21. The molecule has 0 saturated carbocycles. The third-order valence-electron chi connectivity index (χ3n) is 4.93. The summed E-state index contributed by atoms with van der Waals surface area (Å²) >= 11 is 0. The van der Waals surface area contributed by atoms with Crippen molar-refractivity contribution in [1.29, 1.82) is 0 Å². The first kappa shape index (κ1) is 18.2. The van der Waals surface area contributed by atoms with Crippen LogP contribution in [0.25, 0.3) is 0 Å². The Bertz CT molecular complexity index is 922. The Balaban J connectivity index is 1.41. The average molecular weight is 378 g/mol. The van der Waals surface area contributed by atoms with Crippen molar-refractivity contribution in [3.8, 4) is 0 Å². The maximum absolute atomic E-state index is 13.3. The minimum absolute atomic E-state index is 0.301. The monoisotopic (exact) mass is 378 g/mol. The summed E-state index contributed by atoms with van der Waals surface area (Å²) in [6.07, 6.45) is 4.04. The predicted octanol–water partition coefficient (Wildman–Crippen LogP) is 4.73. The van der Waals surface area contributed by atoms with Gasteiger partial charge in [0, 0.05) is 30.2 Å². The molecule has 2 heterocycles. The van der Waals surface area contributed by atoms with Gasteiger partial charge in [-0.1, -0.05) is 13.0 Å². The Labute approximate surface area is 163 Å². The number of anilines is 5. The van der Waals surface area contributed by atoms with E-state index in [0.29, 0.717) is 17.5 Å². The zero-order valence-corrected chi connectivity index (χ0v) is 15.8. The molecule has 4 rings (SSSR count).